The Balaban J connectivity index is 0.000000453. The number of epoxide rings is 2. The molecule has 1 unspecified atom stereocenters. The van der Waals surface area contributed by atoms with Crippen molar-refractivity contribution in [2.24, 2.45) is 35.5 Å². The molecule has 0 spiro atoms. The summed E-state index contributed by atoms with van der Waals surface area (Å²) in [5, 5.41) is 62.1. The number of hydrogen-bond acceptors (Lipinski definition) is 14. The average molecular weight is 973 g/mol. The van der Waals surface area contributed by atoms with Gasteiger partial charge in [-0.1, -0.05) is 93.5 Å². The second kappa shape index (κ2) is 23.6. The van der Waals surface area contributed by atoms with Crippen molar-refractivity contribution in [3.63, 3.8) is 0 Å². The Morgan fingerprint density at radius 1 is 0.758 bits per heavy atom. The molecular formula is C50H92O14Si2. The lowest BCUT2D eigenvalue weighted by Gasteiger charge is -2.44. The van der Waals surface area contributed by atoms with Crippen molar-refractivity contribution in [3.05, 3.63) is 24.3 Å². The highest BCUT2D eigenvalue weighted by molar-refractivity contribution is 6.74. The van der Waals surface area contributed by atoms with Crippen molar-refractivity contribution in [1.82, 2.24) is 0 Å². The van der Waals surface area contributed by atoms with E-state index in [0.717, 1.165) is 0 Å². The summed E-state index contributed by atoms with van der Waals surface area (Å²) in [4.78, 5) is 39.1. The van der Waals surface area contributed by atoms with E-state index in [1.54, 1.807) is 13.8 Å². The normalized spacial score (nSPS) is 31.0. The lowest BCUT2D eigenvalue weighted by Crippen LogP contribution is -2.56. The van der Waals surface area contributed by atoms with Crippen LogP contribution in [0.2, 0.25) is 36.3 Å². The highest BCUT2D eigenvalue weighted by atomic mass is 28.4. The number of rotatable bonds is 24. The van der Waals surface area contributed by atoms with Gasteiger partial charge in [0.05, 0.1) is 86.7 Å². The standard InChI is InChI=1S/2C25H46O7Si/c1-10-12-16(3)21-24(7,31-21)22(32-33(8,9)23(4,5)6)17(14-26)20(28)18-15-30-25(29,11-2)13-19(18)27;1-10-12-16(3)22-25(7,31-22)23(32-33(8,9)24(4,5)6)19(15-27)21(30)18(14-26)20(29)13-17(28)11-2/h10,12,16-19,21-22,26-27,29H,11,13-15H2,1-9H3;10,12,16,18-20,22-23,26-27,29H,11,13-15H2,1-9H3/b2*12-10-/t16-,17-,18-,19-,21+,22-,24-,25?;16-,18-,19-,20-,22+,23-,25-/m00/s1. The number of hydrogen-bond donors (Lipinski definition) is 6. The highest BCUT2D eigenvalue weighted by Crippen LogP contribution is 2.52. The molecule has 384 valence electrons. The van der Waals surface area contributed by atoms with Gasteiger partial charge in [-0.3, -0.25) is 14.4 Å². The first-order valence-corrected chi connectivity index (χ1v) is 30.1. The monoisotopic (exact) mass is 973 g/mol. The van der Waals surface area contributed by atoms with Crippen LogP contribution >= 0.6 is 0 Å². The van der Waals surface area contributed by atoms with Crippen molar-refractivity contribution >= 4 is 34.0 Å². The summed E-state index contributed by atoms with van der Waals surface area (Å²) < 4.78 is 31.4. The van der Waals surface area contributed by atoms with Crippen LogP contribution in [0.1, 0.15) is 123 Å². The van der Waals surface area contributed by atoms with E-state index in [2.05, 4.69) is 80.7 Å². The predicted octanol–water partition coefficient (Wildman–Crippen LogP) is 6.68. The van der Waals surface area contributed by atoms with Crippen LogP contribution < -0.4 is 0 Å². The van der Waals surface area contributed by atoms with Crippen LogP contribution in [0.3, 0.4) is 0 Å². The second-order valence-electron chi connectivity index (χ2n) is 22.6. The lowest BCUT2D eigenvalue weighted by atomic mass is 9.78. The molecule has 16 heteroatoms. The Bertz CT molecular complexity index is 1660. The molecule has 66 heavy (non-hydrogen) atoms. The van der Waals surface area contributed by atoms with Crippen molar-refractivity contribution in [2.45, 2.75) is 212 Å². The van der Waals surface area contributed by atoms with Crippen LogP contribution in [0.5, 0.6) is 0 Å². The van der Waals surface area contributed by atoms with Crippen molar-refractivity contribution in [2.75, 3.05) is 26.4 Å². The van der Waals surface area contributed by atoms with Crippen molar-refractivity contribution in [1.29, 1.82) is 0 Å². The smallest absolute Gasteiger partial charge is 0.192 e. The number of ether oxygens (including phenoxy) is 3. The van der Waals surface area contributed by atoms with Crippen LogP contribution in [0.25, 0.3) is 0 Å². The minimum absolute atomic E-state index is 0.0411. The SMILES string of the molecule is C/C=C\[C@H](C)[C@H]1O[C@]1(C)[C@@H](O[Si](C)(C)C(C)(C)C)[C@@H](CO)C(=O)[C@@H](CO)[C@@H](O)CC(=O)CC.C/C=C\[C@H](C)[C@H]1O[C@]1(C)[C@@H](O[Si](C)(C)C(C)(C)C)[C@@H](CO)C(=O)[C@H]1COC(O)(CC)C[C@@H]1O. The van der Waals surface area contributed by atoms with E-state index in [1.165, 1.54) is 0 Å². The third kappa shape index (κ3) is 14.3. The van der Waals surface area contributed by atoms with Gasteiger partial charge in [0.15, 0.2) is 22.4 Å². The van der Waals surface area contributed by atoms with Gasteiger partial charge in [-0.05, 0) is 70.4 Å². The third-order valence-corrected chi connectivity index (χ3v) is 24.4. The predicted molar refractivity (Wildman–Crippen MR) is 262 cm³/mol. The van der Waals surface area contributed by atoms with Gasteiger partial charge in [0.1, 0.15) is 28.6 Å². The maximum absolute atomic E-state index is 13.7. The second-order valence-corrected chi connectivity index (χ2v) is 32.1. The highest BCUT2D eigenvalue weighted by Gasteiger charge is 2.66. The number of Topliss-reactive ketones (excluding diaryl/α,β-unsaturated/α-hetero) is 3. The van der Waals surface area contributed by atoms with E-state index < -0.39 is 107 Å². The first kappa shape index (κ1) is 60.6. The first-order valence-electron chi connectivity index (χ1n) is 24.3. The summed E-state index contributed by atoms with van der Waals surface area (Å²) in [5.74, 6) is -6.12. The number of aliphatic hydroxyl groups is 6. The largest absolute Gasteiger partial charge is 0.410 e. The molecular weight excluding hydrogens is 881 g/mol. The molecule has 15 atom stereocenters. The molecule has 0 saturated carbocycles. The Morgan fingerprint density at radius 2 is 1.17 bits per heavy atom. The number of aliphatic hydroxyl groups excluding tert-OH is 5. The van der Waals surface area contributed by atoms with Crippen LogP contribution in [0.15, 0.2) is 24.3 Å². The van der Waals surface area contributed by atoms with E-state index in [-0.39, 0.29) is 71.6 Å². The molecule has 0 aliphatic carbocycles. The molecule has 0 bridgehead atoms. The quantitative estimate of drug-likeness (QED) is 0.0337. The molecule has 0 aromatic carbocycles. The zero-order valence-electron chi connectivity index (χ0n) is 43.8. The molecule has 3 saturated heterocycles. The van der Waals surface area contributed by atoms with Gasteiger partial charge < -0.3 is 53.7 Å². The molecule has 3 rings (SSSR count). The summed E-state index contributed by atoms with van der Waals surface area (Å²) in [6, 6.07) is 0. The maximum Gasteiger partial charge on any atom is 0.192 e. The van der Waals surface area contributed by atoms with Crippen LogP contribution in [0, 0.1) is 35.5 Å². The summed E-state index contributed by atoms with van der Waals surface area (Å²) >= 11 is 0. The van der Waals surface area contributed by atoms with Crippen molar-refractivity contribution in [3.8, 4) is 0 Å². The summed E-state index contributed by atoms with van der Waals surface area (Å²) in [6.45, 7) is 34.7. The Hall–Kier alpha value is -1.52. The third-order valence-electron chi connectivity index (χ3n) is 15.5. The van der Waals surface area contributed by atoms with Gasteiger partial charge in [0.25, 0.3) is 0 Å². The molecule has 6 N–H and O–H groups in total. The minimum Gasteiger partial charge on any atom is -0.410 e. The van der Waals surface area contributed by atoms with Gasteiger partial charge in [-0.15, -0.1) is 0 Å². The molecule has 0 amide bonds. The molecule has 3 fully saturated rings. The maximum atomic E-state index is 13.7. The van der Waals surface area contributed by atoms with Gasteiger partial charge >= 0.3 is 0 Å². The summed E-state index contributed by atoms with van der Waals surface area (Å²) in [5.41, 5.74) is -1.54. The van der Waals surface area contributed by atoms with E-state index in [0.29, 0.717) is 6.42 Å². The number of ketones is 3. The fourth-order valence-electron chi connectivity index (χ4n) is 8.73. The van der Waals surface area contributed by atoms with Crippen LogP contribution in [0.4, 0.5) is 0 Å². The van der Waals surface area contributed by atoms with Gasteiger partial charge in [0, 0.05) is 31.1 Å². The molecule has 3 aliphatic rings. The van der Waals surface area contributed by atoms with Crippen LogP contribution in [-0.4, -0.2) is 145 Å². The van der Waals surface area contributed by atoms with E-state index in [9.17, 15) is 45.0 Å². The van der Waals surface area contributed by atoms with E-state index in [4.69, 9.17) is 23.1 Å². The molecule has 0 aromatic heterocycles. The molecule has 0 aromatic rings. The van der Waals surface area contributed by atoms with Gasteiger partial charge in [0.2, 0.25) is 0 Å². The van der Waals surface area contributed by atoms with Gasteiger partial charge in [-0.2, -0.15) is 0 Å². The zero-order valence-corrected chi connectivity index (χ0v) is 45.8. The van der Waals surface area contributed by atoms with Crippen LogP contribution in [-0.2, 0) is 37.4 Å². The molecule has 0 radical (unpaired) electrons. The average Bonchev–Trinajstić information content (AvgIpc) is 4.11. The minimum atomic E-state index is -2.39. The number of carbonyl (C=O) groups excluding carboxylic acids is 3. The fraction of sp³-hybridized carbons (Fsp3) is 0.860. The zero-order chi connectivity index (χ0) is 51.2. The summed E-state index contributed by atoms with van der Waals surface area (Å²) in [7, 11) is -4.73. The topological polar surface area (TPSA) is 225 Å². The lowest BCUT2D eigenvalue weighted by molar-refractivity contribution is -0.258. The Labute approximate surface area is 399 Å². The number of allylic oxidation sites excluding steroid dienone is 2. The summed E-state index contributed by atoms with van der Waals surface area (Å²) in [6.07, 6.45) is 4.23. The number of carbonyl (C=O) groups is 3. The van der Waals surface area contributed by atoms with Gasteiger partial charge in [-0.25, -0.2) is 0 Å². The Morgan fingerprint density at radius 3 is 1.50 bits per heavy atom. The molecule has 14 nitrogen and oxygen atoms in total. The molecule has 3 aliphatic heterocycles. The Kier molecular flexibility index (Phi) is 21.7. The van der Waals surface area contributed by atoms with E-state index in [1.807, 2.05) is 52.8 Å². The molecule has 3 heterocycles. The van der Waals surface area contributed by atoms with Crippen molar-refractivity contribution < 1.29 is 68.1 Å². The fourth-order valence-corrected chi connectivity index (χ4v) is 11.5. The van der Waals surface area contributed by atoms with E-state index >= 15 is 0 Å². The first-order chi connectivity index (χ1) is 30.2.